The lowest BCUT2D eigenvalue weighted by Crippen LogP contribution is -2.20. The first-order chi connectivity index (χ1) is 8.25. The number of alkyl halides is 1. The van der Waals surface area contributed by atoms with Gasteiger partial charge in [0.25, 0.3) is 0 Å². The second-order valence-corrected chi connectivity index (χ2v) is 5.40. The van der Waals surface area contributed by atoms with Crippen LogP contribution in [0.4, 0.5) is 6.01 Å². The summed E-state index contributed by atoms with van der Waals surface area (Å²) in [7, 11) is 0. The number of hydrogen-bond acceptors (Lipinski definition) is 4. The second-order valence-electron chi connectivity index (χ2n) is 4.75. The van der Waals surface area contributed by atoms with Crippen LogP contribution in [0.25, 0.3) is 0 Å². The summed E-state index contributed by atoms with van der Waals surface area (Å²) < 4.78 is 5.45. The van der Waals surface area contributed by atoms with Crippen molar-refractivity contribution in [1.82, 2.24) is 10.2 Å². The Kier molecular flexibility index (Phi) is 4.66. The van der Waals surface area contributed by atoms with Crippen molar-refractivity contribution in [3.8, 4) is 0 Å². The number of halogens is 1. The SMILES string of the molecule is CC(Cl)c1nnc(NC2CCCCCCC2)o1. The van der Waals surface area contributed by atoms with Crippen molar-refractivity contribution in [2.24, 2.45) is 0 Å². The van der Waals surface area contributed by atoms with Crippen molar-refractivity contribution in [3.63, 3.8) is 0 Å². The summed E-state index contributed by atoms with van der Waals surface area (Å²) in [5.41, 5.74) is 0. The van der Waals surface area contributed by atoms with Gasteiger partial charge in [-0.1, -0.05) is 37.2 Å². The molecule has 1 aromatic rings. The third kappa shape index (κ3) is 3.87. The van der Waals surface area contributed by atoms with Crippen molar-refractivity contribution in [3.05, 3.63) is 5.89 Å². The highest BCUT2D eigenvalue weighted by Gasteiger charge is 2.16. The van der Waals surface area contributed by atoms with E-state index in [-0.39, 0.29) is 5.38 Å². The number of nitrogens with zero attached hydrogens (tertiary/aromatic N) is 2. The van der Waals surface area contributed by atoms with Crippen molar-refractivity contribution >= 4 is 17.6 Å². The molecule has 0 radical (unpaired) electrons. The standard InChI is InChI=1S/C12H20ClN3O/c1-9(13)11-15-16-12(17-11)14-10-7-5-3-2-4-6-8-10/h9-10H,2-8H2,1H3,(H,14,16). The zero-order valence-electron chi connectivity index (χ0n) is 10.3. The van der Waals surface area contributed by atoms with Crippen molar-refractivity contribution in [2.75, 3.05) is 5.32 Å². The van der Waals surface area contributed by atoms with E-state index >= 15 is 0 Å². The lowest BCUT2D eigenvalue weighted by molar-refractivity contribution is 0.450. The highest BCUT2D eigenvalue weighted by atomic mass is 35.5. The first-order valence-corrected chi connectivity index (χ1v) is 6.93. The zero-order valence-corrected chi connectivity index (χ0v) is 11.0. The van der Waals surface area contributed by atoms with Crippen LogP contribution in [-0.2, 0) is 0 Å². The van der Waals surface area contributed by atoms with Gasteiger partial charge in [-0.05, 0) is 19.8 Å². The normalized spacial score (nSPS) is 20.6. The third-order valence-electron chi connectivity index (χ3n) is 3.21. The molecule has 0 bridgehead atoms. The smallest absolute Gasteiger partial charge is 0.315 e. The molecular formula is C12H20ClN3O. The first kappa shape index (κ1) is 12.7. The lowest BCUT2D eigenvalue weighted by Gasteiger charge is -2.19. The molecule has 5 heteroatoms. The van der Waals surface area contributed by atoms with E-state index in [1.165, 1.54) is 44.9 Å². The lowest BCUT2D eigenvalue weighted by atomic mass is 9.97. The van der Waals surface area contributed by atoms with Crippen LogP contribution >= 0.6 is 11.6 Å². The van der Waals surface area contributed by atoms with Crippen molar-refractivity contribution in [1.29, 1.82) is 0 Å². The topological polar surface area (TPSA) is 51.0 Å². The minimum Gasteiger partial charge on any atom is -0.406 e. The number of aromatic nitrogens is 2. The fraction of sp³-hybridized carbons (Fsp3) is 0.833. The van der Waals surface area contributed by atoms with Crippen LogP contribution in [-0.4, -0.2) is 16.2 Å². The summed E-state index contributed by atoms with van der Waals surface area (Å²) in [6.45, 7) is 1.83. The van der Waals surface area contributed by atoms with Crippen molar-refractivity contribution in [2.45, 2.75) is 63.3 Å². The molecule has 96 valence electrons. The quantitative estimate of drug-likeness (QED) is 0.835. The van der Waals surface area contributed by atoms with Gasteiger partial charge in [0.15, 0.2) is 0 Å². The number of hydrogen-bond donors (Lipinski definition) is 1. The third-order valence-corrected chi connectivity index (χ3v) is 3.40. The van der Waals surface area contributed by atoms with Crippen LogP contribution in [0.1, 0.15) is 63.1 Å². The summed E-state index contributed by atoms with van der Waals surface area (Å²) in [5.74, 6) is 0.486. The van der Waals surface area contributed by atoms with Crippen LogP contribution in [0.3, 0.4) is 0 Å². The van der Waals surface area contributed by atoms with E-state index < -0.39 is 0 Å². The molecule has 0 saturated heterocycles. The van der Waals surface area contributed by atoms with Crippen LogP contribution in [0.2, 0.25) is 0 Å². The summed E-state index contributed by atoms with van der Waals surface area (Å²) in [5, 5.41) is 11.0. The Morgan fingerprint density at radius 3 is 2.41 bits per heavy atom. The Bertz CT molecular complexity index is 332. The second kappa shape index (κ2) is 6.24. The van der Waals surface area contributed by atoms with Gasteiger partial charge in [-0.25, -0.2) is 0 Å². The predicted octanol–water partition coefficient (Wildman–Crippen LogP) is 3.89. The van der Waals surface area contributed by atoms with Gasteiger partial charge in [0.1, 0.15) is 5.38 Å². The van der Waals surface area contributed by atoms with E-state index in [1.807, 2.05) is 6.92 Å². The Hall–Kier alpha value is -0.770. The Morgan fingerprint density at radius 2 is 1.82 bits per heavy atom. The molecule has 1 aliphatic rings. The Morgan fingerprint density at radius 1 is 1.18 bits per heavy atom. The van der Waals surface area contributed by atoms with Gasteiger partial charge in [-0.15, -0.1) is 16.7 Å². The van der Waals surface area contributed by atoms with E-state index in [0.29, 0.717) is 17.9 Å². The zero-order chi connectivity index (χ0) is 12.1. The maximum atomic E-state index is 5.88. The van der Waals surface area contributed by atoms with E-state index in [0.717, 1.165) is 0 Å². The number of nitrogens with one attached hydrogen (secondary N) is 1. The molecule has 4 nitrogen and oxygen atoms in total. The average Bonchev–Trinajstić information content (AvgIpc) is 2.70. The summed E-state index contributed by atoms with van der Waals surface area (Å²) in [4.78, 5) is 0. The predicted molar refractivity (Wildman–Crippen MR) is 68.3 cm³/mol. The highest BCUT2D eigenvalue weighted by molar-refractivity contribution is 6.20. The summed E-state index contributed by atoms with van der Waals surface area (Å²) in [6, 6.07) is 0.979. The number of anilines is 1. The molecule has 1 aliphatic carbocycles. The van der Waals surface area contributed by atoms with Crippen LogP contribution in [0.15, 0.2) is 4.42 Å². The van der Waals surface area contributed by atoms with Gasteiger partial charge in [0.2, 0.25) is 5.89 Å². The van der Waals surface area contributed by atoms with Crippen LogP contribution in [0, 0.1) is 0 Å². The molecule has 2 rings (SSSR count). The van der Waals surface area contributed by atoms with Gasteiger partial charge in [0, 0.05) is 6.04 Å². The molecule has 0 aromatic carbocycles. The molecule has 1 unspecified atom stereocenters. The molecule has 1 aromatic heterocycles. The fourth-order valence-corrected chi connectivity index (χ4v) is 2.32. The number of rotatable bonds is 3. The largest absolute Gasteiger partial charge is 0.406 e. The average molecular weight is 258 g/mol. The van der Waals surface area contributed by atoms with Gasteiger partial charge in [-0.3, -0.25) is 0 Å². The maximum Gasteiger partial charge on any atom is 0.315 e. The van der Waals surface area contributed by atoms with Gasteiger partial charge in [0.05, 0.1) is 0 Å². The Labute approximate surface area is 107 Å². The molecule has 0 spiro atoms. The van der Waals surface area contributed by atoms with E-state index in [4.69, 9.17) is 16.0 Å². The molecule has 1 atom stereocenters. The summed E-state index contributed by atoms with van der Waals surface area (Å²) >= 11 is 5.88. The minimum atomic E-state index is -0.226. The van der Waals surface area contributed by atoms with E-state index in [9.17, 15) is 0 Å². The van der Waals surface area contributed by atoms with Crippen molar-refractivity contribution < 1.29 is 4.42 Å². The fourth-order valence-electron chi connectivity index (χ4n) is 2.23. The van der Waals surface area contributed by atoms with Crippen LogP contribution in [0.5, 0.6) is 0 Å². The summed E-state index contributed by atoms with van der Waals surface area (Å²) in [6.07, 6.45) is 9.00. The van der Waals surface area contributed by atoms with E-state index in [2.05, 4.69) is 15.5 Å². The van der Waals surface area contributed by atoms with Gasteiger partial charge < -0.3 is 9.73 Å². The monoisotopic (exact) mass is 257 g/mol. The Balaban J connectivity index is 1.89. The molecule has 1 N–H and O–H groups in total. The molecular weight excluding hydrogens is 238 g/mol. The van der Waals surface area contributed by atoms with Crippen LogP contribution < -0.4 is 5.32 Å². The molecule has 1 fully saturated rings. The highest BCUT2D eigenvalue weighted by Crippen LogP contribution is 2.23. The molecule has 17 heavy (non-hydrogen) atoms. The molecule has 0 amide bonds. The first-order valence-electron chi connectivity index (χ1n) is 6.49. The van der Waals surface area contributed by atoms with E-state index in [1.54, 1.807) is 0 Å². The minimum absolute atomic E-state index is 0.226. The molecule has 1 heterocycles. The molecule has 1 saturated carbocycles. The van der Waals surface area contributed by atoms with Gasteiger partial charge >= 0.3 is 6.01 Å². The van der Waals surface area contributed by atoms with Gasteiger partial charge in [-0.2, -0.15) is 0 Å². The molecule has 0 aliphatic heterocycles. The maximum absolute atomic E-state index is 5.88.